The molecule has 1 rings (SSSR count). The number of amides is 2. The maximum atomic E-state index is 11.5. The van der Waals surface area contributed by atoms with Crippen LogP contribution in [0.5, 0.6) is 0 Å². The number of aliphatic carboxylic acids is 1. The number of hydrogen-bond acceptors (Lipinski definition) is 4. The third kappa shape index (κ3) is 4.55. The lowest BCUT2D eigenvalue weighted by Crippen LogP contribution is -2.49. The van der Waals surface area contributed by atoms with Gasteiger partial charge in [-0.1, -0.05) is 0 Å². The van der Waals surface area contributed by atoms with E-state index >= 15 is 0 Å². The summed E-state index contributed by atoms with van der Waals surface area (Å²) in [5, 5.41) is 22.9. The average Bonchev–Trinajstić information content (AvgIpc) is 2.35. The molecule has 7 nitrogen and oxygen atoms in total. The summed E-state index contributed by atoms with van der Waals surface area (Å²) in [4.78, 5) is 26.0. The van der Waals surface area contributed by atoms with Gasteiger partial charge in [0, 0.05) is 18.9 Å². The Morgan fingerprint density at radius 3 is 2.68 bits per heavy atom. The first-order valence-electron chi connectivity index (χ1n) is 5.70. The van der Waals surface area contributed by atoms with Crippen LogP contribution < -0.4 is 10.6 Å². The van der Waals surface area contributed by atoms with Crippen molar-refractivity contribution >= 4 is 12.0 Å². The van der Waals surface area contributed by atoms with Crippen LogP contribution in [-0.4, -0.2) is 39.3 Å². The molecule has 0 fully saturated rings. The van der Waals surface area contributed by atoms with Crippen molar-refractivity contribution in [3.63, 3.8) is 0 Å². The van der Waals surface area contributed by atoms with E-state index < -0.39 is 17.6 Å². The molecule has 19 heavy (non-hydrogen) atoms. The van der Waals surface area contributed by atoms with E-state index in [-0.39, 0.29) is 13.1 Å². The average molecular weight is 267 g/mol. The Labute approximate surface area is 110 Å². The highest BCUT2D eigenvalue weighted by Gasteiger charge is 2.30. The van der Waals surface area contributed by atoms with Crippen molar-refractivity contribution < 1.29 is 19.8 Å². The minimum absolute atomic E-state index is 0.278. The highest BCUT2D eigenvalue weighted by Crippen LogP contribution is 2.04. The van der Waals surface area contributed by atoms with Crippen LogP contribution >= 0.6 is 0 Å². The van der Waals surface area contributed by atoms with Crippen LogP contribution in [0.15, 0.2) is 18.5 Å². The summed E-state index contributed by atoms with van der Waals surface area (Å²) in [5.74, 6) is -1.39. The zero-order chi connectivity index (χ0) is 14.5. The Balaban J connectivity index is 2.41. The molecular formula is C12H17N3O4. The van der Waals surface area contributed by atoms with E-state index in [2.05, 4.69) is 15.6 Å². The Hall–Kier alpha value is -2.15. The van der Waals surface area contributed by atoms with Crippen LogP contribution in [0, 0.1) is 6.92 Å². The van der Waals surface area contributed by atoms with Gasteiger partial charge >= 0.3 is 12.0 Å². The van der Waals surface area contributed by atoms with Gasteiger partial charge in [0.1, 0.15) is 0 Å². The molecule has 0 saturated carbocycles. The van der Waals surface area contributed by atoms with Gasteiger partial charge in [0.2, 0.25) is 0 Å². The van der Waals surface area contributed by atoms with Crippen molar-refractivity contribution in [2.24, 2.45) is 0 Å². The van der Waals surface area contributed by atoms with E-state index in [1.165, 1.54) is 0 Å². The second-order valence-electron chi connectivity index (χ2n) is 4.42. The molecule has 2 amide bonds. The van der Waals surface area contributed by atoms with Gasteiger partial charge in [0.05, 0.1) is 6.54 Å². The number of carboxylic acids is 1. The summed E-state index contributed by atoms with van der Waals surface area (Å²) in [6.45, 7) is 2.91. The lowest BCUT2D eigenvalue weighted by molar-refractivity contribution is -0.155. The van der Waals surface area contributed by atoms with E-state index in [0.29, 0.717) is 0 Å². The van der Waals surface area contributed by atoms with Gasteiger partial charge in [-0.05, 0) is 31.0 Å². The molecule has 1 heterocycles. The zero-order valence-electron chi connectivity index (χ0n) is 10.8. The van der Waals surface area contributed by atoms with E-state index in [9.17, 15) is 14.7 Å². The molecule has 0 aromatic carbocycles. The maximum Gasteiger partial charge on any atom is 0.337 e. The molecule has 1 aromatic heterocycles. The first kappa shape index (κ1) is 14.9. The number of hydrogen-bond donors (Lipinski definition) is 4. The first-order valence-corrected chi connectivity index (χ1v) is 5.70. The molecule has 4 N–H and O–H groups in total. The van der Waals surface area contributed by atoms with Crippen LogP contribution in [0.3, 0.4) is 0 Å². The minimum atomic E-state index is -1.98. The number of aromatic nitrogens is 1. The Morgan fingerprint density at radius 2 is 2.11 bits per heavy atom. The standard InChI is InChI=1S/C12H17N3O4/c1-8-3-4-13-5-9(8)6-14-11(18)15-7-12(2,19)10(16)17/h3-5,19H,6-7H2,1-2H3,(H,16,17)(H2,14,15,18). The molecule has 104 valence electrons. The smallest absolute Gasteiger partial charge is 0.337 e. The third-order valence-corrected chi connectivity index (χ3v) is 2.64. The van der Waals surface area contributed by atoms with Gasteiger partial charge in [0.25, 0.3) is 0 Å². The first-order chi connectivity index (χ1) is 8.83. The summed E-state index contributed by atoms with van der Waals surface area (Å²) in [5.41, 5.74) is -0.128. The molecular weight excluding hydrogens is 250 g/mol. The second kappa shape index (κ2) is 6.14. The number of carbonyl (C=O) groups is 2. The van der Waals surface area contributed by atoms with Crippen LogP contribution in [0.25, 0.3) is 0 Å². The molecule has 0 bridgehead atoms. The van der Waals surface area contributed by atoms with Crippen molar-refractivity contribution in [3.05, 3.63) is 29.6 Å². The second-order valence-corrected chi connectivity index (χ2v) is 4.42. The summed E-state index contributed by atoms with van der Waals surface area (Å²) >= 11 is 0. The van der Waals surface area contributed by atoms with Gasteiger partial charge < -0.3 is 20.8 Å². The van der Waals surface area contributed by atoms with Crippen LogP contribution in [-0.2, 0) is 11.3 Å². The fraction of sp³-hybridized carbons (Fsp3) is 0.417. The van der Waals surface area contributed by atoms with Gasteiger partial charge in [-0.25, -0.2) is 9.59 Å². The number of pyridine rings is 1. The third-order valence-electron chi connectivity index (χ3n) is 2.64. The zero-order valence-corrected chi connectivity index (χ0v) is 10.8. The number of rotatable bonds is 5. The van der Waals surface area contributed by atoms with E-state index in [0.717, 1.165) is 18.1 Å². The molecule has 0 spiro atoms. The van der Waals surface area contributed by atoms with Crippen LogP contribution in [0.1, 0.15) is 18.1 Å². The Morgan fingerprint density at radius 1 is 1.42 bits per heavy atom. The Kier molecular flexibility index (Phi) is 4.82. The van der Waals surface area contributed by atoms with E-state index in [4.69, 9.17) is 5.11 Å². The highest BCUT2D eigenvalue weighted by molar-refractivity contribution is 5.79. The summed E-state index contributed by atoms with van der Waals surface area (Å²) in [6.07, 6.45) is 3.30. The van der Waals surface area contributed by atoms with Gasteiger partial charge in [-0.2, -0.15) is 0 Å². The number of urea groups is 1. The summed E-state index contributed by atoms with van der Waals surface area (Å²) < 4.78 is 0. The van der Waals surface area contributed by atoms with Crippen molar-refractivity contribution in [2.45, 2.75) is 26.0 Å². The van der Waals surface area contributed by atoms with Crippen LogP contribution in [0.2, 0.25) is 0 Å². The number of carboxylic acid groups (broad SMARTS) is 1. The van der Waals surface area contributed by atoms with E-state index in [1.54, 1.807) is 12.4 Å². The maximum absolute atomic E-state index is 11.5. The predicted octanol–water partition coefficient (Wildman–Crippen LogP) is 0.0248. The summed E-state index contributed by atoms with van der Waals surface area (Å²) in [6, 6.07) is 1.27. The minimum Gasteiger partial charge on any atom is -0.479 e. The predicted molar refractivity (Wildman–Crippen MR) is 67.5 cm³/mol. The molecule has 1 unspecified atom stereocenters. The van der Waals surface area contributed by atoms with Gasteiger partial charge in [-0.3, -0.25) is 4.98 Å². The number of aryl methyl sites for hydroxylation is 1. The number of aliphatic hydroxyl groups is 1. The van der Waals surface area contributed by atoms with Crippen molar-refractivity contribution in [1.82, 2.24) is 15.6 Å². The molecule has 0 radical (unpaired) electrons. The molecule has 0 aliphatic heterocycles. The van der Waals surface area contributed by atoms with Gasteiger partial charge in [0.15, 0.2) is 5.60 Å². The van der Waals surface area contributed by atoms with Crippen molar-refractivity contribution in [2.75, 3.05) is 6.54 Å². The van der Waals surface area contributed by atoms with Crippen LogP contribution in [0.4, 0.5) is 4.79 Å². The lowest BCUT2D eigenvalue weighted by atomic mass is 10.1. The fourth-order valence-electron chi connectivity index (χ4n) is 1.25. The Bertz CT molecular complexity index is 474. The lowest BCUT2D eigenvalue weighted by Gasteiger charge is -2.18. The highest BCUT2D eigenvalue weighted by atomic mass is 16.4. The van der Waals surface area contributed by atoms with E-state index in [1.807, 2.05) is 13.0 Å². The molecule has 1 aromatic rings. The van der Waals surface area contributed by atoms with Crippen molar-refractivity contribution in [1.29, 1.82) is 0 Å². The number of nitrogens with zero attached hydrogens (tertiary/aromatic N) is 1. The van der Waals surface area contributed by atoms with Gasteiger partial charge in [-0.15, -0.1) is 0 Å². The molecule has 7 heteroatoms. The SMILES string of the molecule is Cc1ccncc1CNC(=O)NCC(C)(O)C(=O)O. The molecule has 0 aliphatic carbocycles. The normalized spacial score (nSPS) is 13.4. The van der Waals surface area contributed by atoms with Crippen molar-refractivity contribution in [3.8, 4) is 0 Å². The molecule has 1 atom stereocenters. The fourth-order valence-corrected chi connectivity index (χ4v) is 1.25. The topological polar surface area (TPSA) is 112 Å². The molecule has 0 saturated heterocycles. The quantitative estimate of drug-likeness (QED) is 0.601. The number of nitrogens with one attached hydrogen (secondary N) is 2. The largest absolute Gasteiger partial charge is 0.479 e. The monoisotopic (exact) mass is 267 g/mol. The summed E-state index contributed by atoms with van der Waals surface area (Å²) in [7, 11) is 0. The number of carbonyl (C=O) groups excluding carboxylic acids is 1. The molecule has 0 aliphatic rings.